The standard InChI is InChI=1S/C25H42O3/c1-16(5-10-23(26)27)20-8-9-21-19-7-6-17-15-18(28-4)11-13-24(17,2)22(19)12-14-25(20,21)3/h16-22H,5-15H2,1-4H3,(H,26,27)/t16-,17?,18-,19+,20-,21+,22+,24+,25-/m1/s1. The number of hydrogen-bond acceptors (Lipinski definition) is 2. The van der Waals surface area contributed by atoms with E-state index in [0.717, 1.165) is 36.0 Å². The number of ether oxygens (including phenoxy) is 1. The zero-order valence-corrected chi connectivity index (χ0v) is 18.6. The molecule has 3 heteroatoms. The van der Waals surface area contributed by atoms with Crippen molar-refractivity contribution in [3.05, 3.63) is 0 Å². The summed E-state index contributed by atoms with van der Waals surface area (Å²) in [6.45, 7) is 7.54. The van der Waals surface area contributed by atoms with Crippen LogP contribution in [0.2, 0.25) is 0 Å². The number of rotatable bonds is 5. The van der Waals surface area contributed by atoms with Crippen LogP contribution in [0.5, 0.6) is 0 Å². The van der Waals surface area contributed by atoms with Gasteiger partial charge in [-0.3, -0.25) is 4.79 Å². The highest BCUT2D eigenvalue weighted by atomic mass is 16.5. The molecule has 0 amide bonds. The van der Waals surface area contributed by atoms with Crippen molar-refractivity contribution in [3.8, 4) is 0 Å². The highest BCUT2D eigenvalue weighted by Crippen LogP contribution is 2.68. The maximum Gasteiger partial charge on any atom is 0.303 e. The maximum absolute atomic E-state index is 11.1. The zero-order valence-electron chi connectivity index (χ0n) is 18.6. The third-order valence-electron chi connectivity index (χ3n) is 10.5. The van der Waals surface area contributed by atoms with Gasteiger partial charge in [-0.1, -0.05) is 20.8 Å². The van der Waals surface area contributed by atoms with Crippen LogP contribution in [-0.4, -0.2) is 24.3 Å². The topological polar surface area (TPSA) is 46.5 Å². The molecule has 0 aromatic rings. The van der Waals surface area contributed by atoms with Crippen molar-refractivity contribution in [1.29, 1.82) is 0 Å². The van der Waals surface area contributed by atoms with Crippen molar-refractivity contribution in [2.75, 3.05) is 7.11 Å². The first-order valence-electron chi connectivity index (χ1n) is 12.0. The lowest BCUT2D eigenvalue weighted by atomic mass is 9.44. The number of methoxy groups -OCH3 is 1. The van der Waals surface area contributed by atoms with Gasteiger partial charge in [0.1, 0.15) is 0 Å². The second-order valence-corrected chi connectivity index (χ2v) is 11.4. The Morgan fingerprint density at radius 2 is 1.75 bits per heavy atom. The first kappa shape index (κ1) is 20.7. The normalized spacial score (nSPS) is 49.0. The quantitative estimate of drug-likeness (QED) is 0.611. The van der Waals surface area contributed by atoms with Gasteiger partial charge in [-0.15, -0.1) is 0 Å². The van der Waals surface area contributed by atoms with Crippen LogP contribution in [0.4, 0.5) is 0 Å². The van der Waals surface area contributed by atoms with E-state index < -0.39 is 5.97 Å². The molecule has 0 heterocycles. The monoisotopic (exact) mass is 390 g/mol. The van der Waals surface area contributed by atoms with E-state index >= 15 is 0 Å². The minimum Gasteiger partial charge on any atom is -0.481 e. The average Bonchev–Trinajstić information content (AvgIpc) is 3.02. The number of fused-ring (bicyclic) bond motifs is 5. The molecule has 0 aliphatic heterocycles. The summed E-state index contributed by atoms with van der Waals surface area (Å²) in [5, 5.41) is 9.12. The molecule has 28 heavy (non-hydrogen) atoms. The molecule has 1 unspecified atom stereocenters. The predicted molar refractivity (Wildman–Crippen MR) is 112 cm³/mol. The van der Waals surface area contributed by atoms with Crippen molar-refractivity contribution in [2.45, 2.75) is 97.5 Å². The second-order valence-electron chi connectivity index (χ2n) is 11.4. The number of hydrogen-bond donors (Lipinski definition) is 1. The fraction of sp³-hybridized carbons (Fsp3) is 0.960. The highest BCUT2D eigenvalue weighted by molar-refractivity contribution is 5.66. The third kappa shape index (κ3) is 3.24. The van der Waals surface area contributed by atoms with Gasteiger partial charge >= 0.3 is 5.97 Å². The molecular formula is C25H42O3. The van der Waals surface area contributed by atoms with Gasteiger partial charge in [0.25, 0.3) is 0 Å². The molecule has 4 aliphatic rings. The SMILES string of the molecule is CO[C@@H]1CC[C@@]2(C)C(CC[C@H]3[C@@H]4CC[C@H]([C@H](C)CCC(=O)O)[C@@]4(C)CC[C@@H]32)C1. The molecule has 160 valence electrons. The largest absolute Gasteiger partial charge is 0.481 e. The summed E-state index contributed by atoms with van der Waals surface area (Å²) in [6, 6.07) is 0. The van der Waals surface area contributed by atoms with Crippen LogP contribution >= 0.6 is 0 Å². The highest BCUT2D eigenvalue weighted by Gasteiger charge is 2.60. The van der Waals surface area contributed by atoms with E-state index in [1.165, 1.54) is 57.8 Å². The number of aliphatic carboxylic acids is 1. The van der Waals surface area contributed by atoms with Crippen molar-refractivity contribution >= 4 is 5.97 Å². The van der Waals surface area contributed by atoms with Gasteiger partial charge in [0.05, 0.1) is 6.10 Å². The Balaban J connectivity index is 1.50. The Hall–Kier alpha value is -0.570. The van der Waals surface area contributed by atoms with Crippen LogP contribution < -0.4 is 0 Å². The minimum absolute atomic E-state index is 0.338. The van der Waals surface area contributed by atoms with E-state index in [1.807, 2.05) is 7.11 Å². The van der Waals surface area contributed by atoms with Gasteiger partial charge in [0.2, 0.25) is 0 Å². The van der Waals surface area contributed by atoms with Crippen LogP contribution in [-0.2, 0) is 9.53 Å². The molecule has 0 aromatic heterocycles. The predicted octanol–water partition coefficient (Wildman–Crippen LogP) is 6.16. The first-order valence-corrected chi connectivity index (χ1v) is 12.0. The fourth-order valence-corrected chi connectivity index (χ4v) is 8.96. The van der Waals surface area contributed by atoms with Crippen LogP contribution in [0.25, 0.3) is 0 Å². The van der Waals surface area contributed by atoms with Crippen molar-refractivity contribution < 1.29 is 14.6 Å². The van der Waals surface area contributed by atoms with Gasteiger partial charge in [-0.2, -0.15) is 0 Å². The fourth-order valence-electron chi connectivity index (χ4n) is 8.96. The molecule has 0 aromatic carbocycles. The number of carbonyl (C=O) groups is 1. The molecular weight excluding hydrogens is 348 g/mol. The van der Waals surface area contributed by atoms with Gasteiger partial charge in [0, 0.05) is 13.5 Å². The lowest BCUT2D eigenvalue weighted by Gasteiger charge is -2.61. The van der Waals surface area contributed by atoms with E-state index in [4.69, 9.17) is 9.84 Å². The lowest BCUT2D eigenvalue weighted by molar-refractivity contribution is -0.138. The molecule has 0 saturated heterocycles. The molecule has 4 saturated carbocycles. The summed E-state index contributed by atoms with van der Waals surface area (Å²) in [5.41, 5.74) is 0.984. The summed E-state index contributed by atoms with van der Waals surface area (Å²) in [5.74, 6) is 4.21. The molecule has 4 aliphatic carbocycles. The van der Waals surface area contributed by atoms with E-state index in [0.29, 0.717) is 29.3 Å². The van der Waals surface area contributed by atoms with E-state index in [2.05, 4.69) is 20.8 Å². The van der Waals surface area contributed by atoms with Gasteiger partial charge < -0.3 is 9.84 Å². The molecule has 0 radical (unpaired) electrons. The van der Waals surface area contributed by atoms with Crippen LogP contribution in [0, 0.1) is 46.3 Å². The summed E-state index contributed by atoms with van der Waals surface area (Å²) in [4.78, 5) is 11.1. The molecule has 0 spiro atoms. The van der Waals surface area contributed by atoms with E-state index in [-0.39, 0.29) is 0 Å². The summed E-state index contributed by atoms with van der Waals surface area (Å²) in [6.07, 6.45) is 13.9. The summed E-state index contributed by atoms with van der Waals surface area (Å²) >= 11 is 0. The van der Waals surface area contributed by atoms with Crippen LogP contribution in [0.15, 0.2) is 0 Å². The van der Waals surface area contributed by atoms with Crippen molar-refractivity contribution in [2.24, 2.45) is 46.3 Å². The first-order chi connectivity index (χ1) is 13.3. The van der Waals surface area contributed by atoms with Gasteiger partial charge in [0.15, 0.2) is 0 Å². The van der Waals surface area contributed by atoms with E-state index in [1.54, 1.807) is 0 Å². The van der Waals surface area contributed by atoms with Gasteiger partial charge in [-0.25, -0.2) is 0 Å². The van der Waals surface area contributed by atoms with Crippen molar-refractivity contribution in [1.82, 2.24) is 0 Å². The summed E-state index contributed by atoms with van der Waals surface area (Å²) in [7, 11) is 1.90. The molecule has 3 nitrogen and oxygen atoms in total. The Bertz CT molecular complexity index is 588. The molecule has 1 N–H and O–H groups in total. The average molecular weight is 391 g/mol. The second kappa shape index (κ2) is 7.60. The minimum atomic E-state index is -0.631. The Kier molecular flexibility index (Phi) is 5.61. The Labute approximate surface area is 172 Å². The molecule has 9 atom stereocenters. The van der Waals surface area contributed by atoms with Crippen LogP contribution in [0.3, 0.4) is 0 Å². The van der Waals surface area contributed by atoms with E-state index in [9.17, 15) is 4.79 Å². The number of carboxylic acids is 1. The third-order valence-corrected chi connectivity index (χ3v) is 10.5. The van der Waals surface area contributed by atoms with Crippen molar-refractivity contribution in [3.63, 3.8) is 0 Å². The molecule has 4 fully saturated rings. The number of carboxylic acid groups (broad SMARTS) is 1. The maximum atomic E-state index is 11.1. The Morgan fingerprint density at radius 3 is 2.46 bits per heavy atom. The van der Waals surface area contributed by atoms with Gasteiger partial charge in [-0.05, 0) is 111 Å². The van der Waals surface area contributed by atoms with Crippen LogP contribution in [0.1, 0.15) is 91.4 Å². The summed E-state index contributed by atoms with van der Waals surface area (Å²) < 4.78 is 5.74. The molecule has 4 rings (SSSR count). The Morgan fingerprint density at radius 1 is 1.04 bits per heavy atom. The lowest BCUT2D eigenvalue weighted by Crippen LogP contribution is -2.54. The smallest absolute Gasteiger partial charge is 0.303 e. The molecule has 0 bridgehead atoms. The zero-order chi connectivity index (χ0) is 20.1.